The van der Waals surface area contributed by atoms with Gasteiger partial charge < -0.3 is 10.1 Å². The smallest absolute Gasteiger partial charge is 0.306 e. The van der Waals surface area contributed by atoms with Crippen molar-refractivity contribution in [1.29, 1.82) is 0 Å². The summed E-state index contributed by atoms with van der Waals surface area (Å²) in [7, 11) is 0. The first-order chi connectivity index (χ1) is 7.74. The number of unbranched alkanes of at least 4 members (excludes halogenated alkanes) is 1. The first-order valence-corrected chi connectivity index (χ1v) is 6.73. The van der Waals surface area contributed by atoms with Crippen molar-refractivity contribution in [1.82, 2.24) is 5.32 Å². The van der Waals surface area contributed by atoms with Crippen LogP contribution in [0.25, 0.3) is 0 Å². The van der Waals surface area contributed by atoms with E-state index in [1.807, 2.05) is 0 Å². The largest absolute Gasteiger partial charge is 0.462 e. The molecule has 0 radical (unpaired) electrons. The van der Waals surface area contributed by atoms with Crippen LogP contribution >= 0.6 is 0 Å². The molecule has 1 aliphatic heterocycles. The van der Waals surface area contributed by atoms with Crippen LogP contribution in [-0.2, 0) is 9.53 Å². The molecule has 1 saturated heterocycles. The molecule has 0 aromatic carbocycles. The first kappa shape index (κ1) is 14.5. The fourth-order valence-electron chi connectivity index (χ4n) is 2.88. The summed E-state index contributed by atoms with van der Waals surface area (Å²) < 4.78 is 5.59. The molecule has 0 saturated carbocycles. The Kier molecular flexibility index (Phi) is 4.59. The number of piperidine rings is 1. The quantitative estimate of drug-likeness (QED) is 0.769. The van der Waals surface area contributed by atoms with E-state index in [4.69, 9.17) is 4.74 Å². The van der Waals surface area contributed by atoms with Gasteiger partial charge in [-0.25, -0.2) is 0 Å². The number of esters is 1. The number of nitrogens with one attached hydrogen (secondary N) is 1. The molecule has 0 unspecified atom stereocenters. The van der Waals surface area contributed by atoms with Crippen molar-refractivity contribution in [3.63, 3.8) is 0 Å². The van der Waals surface area contributed by atoms with Crippen molar-refractivity contribution in [3.05, 3.63) is 0 Å². The van der Waals surface area contributed by atoms with Gasteiger partial charge in [-0.05, 0) is 34.1 Å². The SMILES string of the molecule is CCCCC(=O)OC1CC(C)(C)NC(C)(C)C1. The lowest BCUT2D eigenvalue weighted by molar-refractivity contribution is -0.153. The topological polar surface area (TPSA) is 38.3 Å². The summed E-state index contributed by atoms with van der Waals surface area (Å²) in [5.41, 5.74) is 0.0783. The summed E-state index contributed by atoms with van der Waals surface area (Å²) in [5, 5.41) is 3.59. The Balaban J connectivity index is 2.51. The van der Waals surface area contributed by atoms with Crippen LogP contribution in [0.4, 0.5) is 0 Å². The lowest BCUT2D eigenvalue weighted by Crippen LogP contribution is -2.59. The van der Waals surface area contributed by atoms with Gasteiger partial charge in [0.15, 0.2) is 0 Å². The van der Waals surface area contributed by atoms with Crippen molar-refractivity contribution < 1.29 is 9.53 Å². The standard InChI is InChI=1S/C14H27NO2/c1-6-7-8-12(16)17-11-9-13(2,3)15-14(4,5)10-11/h11,15H,6-10H2,1-5H3. The highest BCUT2D eigenvalue weighted by Gasteiger charge is 2.39. The third-order valence-electron chi connectivity index (χ3n) is 3.19. The van der Waals surface area contributed by atoms with Crippen LogP contribution < -0.4 is 5.32 Å². The Hall–Kier alpha value is -0.570. The molecule has 0 aromatic heterocycles. The lowest BCUT2D eigenvalue weighted by Gasteiger charge is -2.45. The number of rotatable bonds is 4. The number of hydrogen-bond donors (Lipinski definition) is 1. The van der Waals surface area contributed by atoms with E-state index in [1.54, 1.807) is 0 Å². The van der Waals surface area contributed by atoms with Gasteiger partial charge in [-0.2, -0.15) is 0 Å². The summed E-state index contributed by atoms with van der Waals surface area (Å²) in [6.45, 7) is 10.8. The molecule has 17 heavy (non-hydrogen) atoms. The molecule has 0 bridgehead atoms. The van der Waals surface area contributed by atoms with Gasteiger partial charge in [0.1, 0.15) is 6.10 Å². The van der Waals surface area contributed by atoms with Crippen molar-refractivity contribution >= 4 is 5.97 Å². The third kappa shape index (κ3) is 5.07. The maximum Gasteiger partial charge on any atom is 0.306 e. The van der Waals surface area contributed by atoms with Gasteiger partial charge in [-0.15, -0.1) is 0 Å². The summed E-state index contributed by atoms with van der Waals surface area (Å²) in [5.74, 6) is -0.0367. The molecule has 100 valence electrons. The highest BCUT2D eigenvalue weighted by Crippen LogP contribution is 2.30. The predicted octanol–water partition coefficient (Wildman–Crippen LogP) is 3.03. The van der Waals surface area contributed by atoms with Gasteiger partial charge in [0.25, 0.3) is 0 Å². The van der Waals surface area contributed by atoms with E-state index in [-0.39, 0.29) is 23.2 Å². The molecule has 3 nitrogen and oxygen atoms in total. The van der Waals surface area contributed by atoms with Gasteiger partial charge in [0.2, 0.25) is 0 Å². The maximum atomic E-state index is 11.6. The summed E-state index contributed by atoms with van der Waals surface area (Å²) in [4.78, 5) is 11.6. The molecule has 3 heteroatoms. The number of hydrogen-bond acceptors (Lipinski definition) is 3. The molecular weight excluding hydrogens is 214 g/mol. The van der Waals surface area contributed by atoms with E-state index >= 15 is 0 Å². The minimum atomic E-state index is -0.0367. The molecule has 1 fully saturated rings. The van der Waals surface area contributed by atoms with Gasteiger partial charge in [0, 0.05) is 30.3 Å². The summed E-state index contributed by atoms with van der Waals surface area (Å²) in [6.07, 6.45) is 4.38. The van der Waals surface area contributed by atoms with E-state index in [2.05, 4.69) is 39.9 Å². The zero-order valence-corrected chi connectivity index (χ0v) is 11.9. The predicted molar refractivity (Wildman–Crippen MR) is 69.9 cm³/mol. The molecular formula is C14H27NO2. The van der Waals surface area contributed by atoms with Crippen molar-refractivity contribution in [2.24, 2.45) is 0 Å². The zero-order chi connectivity index (χ0) is 13.1. The second-order valence-corrected chi connectivity index (χ2v) is 6.52. The molecule has 1 N–H and O–H groups in total. The molecule has 0 atom stereocenters. The minimum absolute atomic E-state index is 0.0367. The van der Waals surface area contributed by atoms with Gasteiger partial charge in [0.05, 0.1) is 0 Å². The fraction of sp³-hybridized carbons (Fsp3) is 0.929. The van der Waals surface area contributed by atoms with Crippen LogP contribution in [-0.4, -0.2) is 23.2 Å². The van der Waals surface area contributed by atoms with Crippen molar-refractivity contribution in [2.75, 3.05) is 0 Å². The van der Waals surface area contributed by atoms with Gasteiger partial charge in [-0.1, -0.05) is 13.3 Å². The van der Waals surface area contributed by atoms with Crippen LogP contribution in [0.1, 0.15) is 66.7 Å². The van der Waals surface area contributed by atoms with Crippen LogP contribution in [0.15, 0.2) is 0 Å². The lowest BCUT2D eigenvalue weighted by atomic mass is 9.81. The second kappa shape index (κ2) is 5.38. The Bertz CT molecular complexity index is 255. The molecule has 1 heterocycles. The van der Waals surface area contributed by atoms with Crippen molar-refractivity contribution in [3.8, 4) is 0 Å². The number of carbonyl (C=O) groups excluding carboxylic acids is 1. The zero-order valence-electron chi connectivity index (χ0n) is 11.9. The van der Waals surface area contributed by atoms with Crippen LogP contribution in [0.5, 0.6) is 0 Å². The van der Waals surface area contributed by atoms with E-state index in [1.165, 1.54) is 0 Å². The maximum absolute atomic E-state index is 11.6. The molecule has 1 rings (SSSR count). The van der Waals surface area contributed by atoms with E-state index in [9.17, 15) is 4.79 Å². The highest BCUT2D eigenvalue weighted by molar-refractivity contribution is 5.69. The Labute approximate surface area is 105 Å². The average molecular weight is 241 g/mol. The number of ether oxygens (including phenoxy) is 1. The molecule has 0 aromatic rings. The normalized spacial score (nSPS) is 23.4. The number of carbonyl (C=O) groups is 1. The van der Waals surface area contributed by atoms with E-state index in [0.717, 1.165) is 25.7 Å². The second-order valence-electron chi connectivity index (χ2n) is 6.52. The Morgan fingerprint density at radius 3 is 2.24 bits per heavy atom. The van der Waals surface area contributed by atoms with Crippen LogP contribution in [0.3, 0.4) is 0 Å². The molecule has 1 aliphatic rings. The third-order valence-corrected chi connectivity index (χ3v) is 3.19. The van der Waals surface area contributed by atoms with E-state index < -0.39 is 0 Å². The Morgan fingerprint density at radius 1 is 1.24 bits per heavy atom. The average Bonchev–Trinajstić information content (AvgIpc) is 2.09. The highest BCUT2D eigenvalue weighted by atomic mass is 16.5. The summed E-state index contributed by atoms with van der Waals surface area (Å²) in [6, 6.07) is 0. The Morgan fingerprint density at radius 2 is 1.76 bits per heavy atom. The van der Waals surface area contributed by atoms with Crippen LogP contribution in [0.2, 0.25) is 0 Å². The first-order valence-electron chi connectivity index (χ1n) is 6.73. The van der Waals surface area contributed by atoms with E-state index in [0.29, 0.717) is 6.42 Å². The summed E-state index contributed by atoms with van der Waals surface area (Å²) >= 11 is 0. The molecule has 0 amide bonds. The minimum Gasteiger partial charge on any atom is -0.462 e. The van der Waals surface area contributed by atoms with Crippen LogP contribution in [0, 0.1) is 0 Å². The molecule has 0 spiro atoms. The fourth-order valence-corrected chi connectivity index (χ4v) is 2.88. The monoisotopic (exact) mass is 241 g/mol. The molecule has 0 aliphatic carbocycles. The van der Waals surface area contributed by atoms with Gasteiger partial charge >= 0.3 is 5.97 Å². The van der Waals surface area contributed by atoms with Gasteiger partial charge in [-0.3, -0.25) is 4.79 Å². The van der Waals surface area contributed by atoms with Crippen molar-refractivity contribution in [2.45, 2.75) is 83.9 Å².